The topological polar surface area (TPSA) is 27.1 Å². The van der Waals surface area contributed by atoms with Gasteiger partial charge in [0.1, 0.15) is 0 Å². The molecule has 1 unspecified atom stereocenters. The molecule has 0 spiro atoms. The third-order valence-corrected chi connectivity index (χ3v) is 4.28. The van der Waals surface area contributed by atoms with Crippen molar-refractivity contribution < 1.29 is 13.5 Å². The first-order chi connectivity index (χ1) is 11.2. The quantitative estimate of drug-likeness (QED) is 0.686. The maximum atomic E-state index is 13.5. The Kier molecular flexibility index (Phi) is 3.58. The van der Waals surface area contributed by atoms with Crippen LogP contribution < -0.4 is 0 Å². The first kappa shape index (κ1) is 14.3. The molecule has 0 N–H and O–H groups in total. The lowest BCUT2D eigenvalue weighted by molar-refractivity contribution is -0.0366. The highest BCUT2D eigenvalue weighted by molar-refractivity contribution is 5.84. The van der Waals surface area contributed by atoms with Crippen molar-refractivity contribution in [3.63, 3.8) is 0 Å². The fourth-order valence-electron chi connectivity index (χ4n) is 3.04. The van der Waals surface area contributed by atoms with E-state index in [-0.39, 0.29) is 6.23 Å². The van der Waals surface area contributed by atoms with Crippen molar-refractivity contribution in [1.29, 1.82) is 0 Å². The van der Waals surface area contributed by atoms with Crippen LogP contribution in [0.2, 0.25) is 0 Å². The Morgan fingerprint density at radius 1 is 1.00 bits per heavy atom. The van der Waals surface area contributed by atoms with E-state index in [1.165, 1.54) is 6.07 Å². The molecule has 3 aromatic rings. The molecule has 3 nitrogen and oxygen atoms in total. The molecule has 0 radical (unpaired) electrons. The Morgan fingerprint density at radius 2 is 1.83 bits per heavy atom. The van der Waals surface area contributed by atoms with Gasteiger partial charge in [-0.2, -0.15) is 5.10 Å². The van der Waals surface area contributed by atoms with Gasteiger partial charge in [-0.25, -0.2) is 13.5 Å². The summed E-state index contributed by atoms with van der Waals surface area (Å²) in [6.45, 7) is 0.745. The van der Waals surface area contributed by atoms with Crippen LogP contribution in [0.4, 0.5) is 8.78 Å². The Balaban J connectivity index is 1.78. The Labute approximate surface area is 132 Å². The standard InChI is InChI=1S/C18H16F2N2O/c19-15-7-6-12(9-16(15)20)13-4-5-14-11-21-22(17(14)10-13)18-3-1-2-8-23-18/h4-7,9-11,18H,1-3,8H2. The lowest BCUT2D eigenvalue weighted by atomic mass is 10.0. The molecule has 23 heavy (non-hydrogen) atoms. The number of benzene rings is 2. The third-order valence-electron chi connectivity index (χ3n) is 4.28. The van der Waals surface area contributed by atoms with Crippen LogP contribution >= 0.6 is 0 Å². The predicted octanol–water partition coefficient (Wildman–Crippen LogP) is 4.68. The van der Waals surface area contributed by atoms with E-state index in [1.54, 1.807) is 6.07 Å². The van der Waals surface area contributed by atoms with Gasteiger partial charge in [0, 0.05) is 12.0 Å². The second-order valence-electron chi connectivity index (χ2n) is 5.81. The van der Waals surface area contributed by atoms with Crippen molar-refractivity contribution in [2.45, 2.75) is 25.5 Å². The van der Waals surface area contributed by atoms with E-state index in [0.29, 0.717) is 5.56 Å². The van der Waals surface area contributed by atoms with E-state index in [0.717, 1.165) is 48.4 Å². The summed E-state index contributed by atoms with van der Waals surface area (Å²) in [5, 5.41) is 5.45. The predicted molar refractivity (Wildman–Crippen MR) is 83.9 cm³/mol. The highest BCUT2D eigenvalue weighted by Crippen LogP contribution is 2.29. The molecule has 0 amide bonds. The summed E-state index contributed by atoms with van der Waals surface area (Å²) in [4.78, 5) is 0. The van der Waals surface area contributed by atoms with E-state index in [4.69, 9.17) is 4.74 Å². The molecule has 2 aromatic carbocycles. The zero-order chi connectivity index (χ0) is 15.8. The Morgan fingerprint density at radius 3 is 2.61 bits per heavy atom. The molecule has 118 valence electrons. The van der Waals surface area contributed by atoms with E-state index in [2.05, 4.69) is 5.10 Å². The highest BCUT2D eigenvalue weighted by atomic mass is 19.2. The number of halogens is 2. The maximum absolute atomic E-state index is 13.5. The molecule has 0 bridgehead atoms. The monoisotopic (exact) mass is 314 g/mol. The summed E-state index contributed by atoms with van der Waals surface area (Å²) < 4.78 is 34.3. The highest BCUT2D eigenvalue weighted by Gasteiger charge is 2.18. The van der Waals surface area contributed by atoms with Gasteiger partial charge in [0.25, 0.3) is 0 Å². The molecule has 2 heterocycles. The summed E-state index contributed by atoms with van der Waals surface area (Å²) >= 11 is 0. The zero-order valence-corrected chi connectivity index (χ0v) is 12.5. The first-order valence-electron chi connectivity index (χ1n) is 7.77. The molecule has 4 rings (SSSR count). The minimum absolute atomic E-state index is 0.0542. The normalized spacial score (nSPS) is 18.4. The van der Waals surface area contributed by atoms with Gasteiger partial charge in [-0.3, -0.25) is 0 Å². The lowest BCUT2D eigenvalue weighted by Crippen LogP contribution is -2.18. The number of rotatable bonds is 2. The van der Waals surface area contributed by atoms with Crippen molar-refractivity contribution >= 4 is 10.9 Å². The molecule has 1 fully saturated rings. The van der Waals surface area contributed by atoms with Gasteiger partial charge in [-0.15, -0.1) is 0 Å². The summed E-state index contributed by atoms with van der Waals surface area (Å²) in [5.41, 5.74) is 2.41. The van der Waals surface area contributed by atoms with Gasteiger partial charge in [0.2, 0.25) is 0 Å². The smallest absolute Gasteiger partial charge is 0.159 e. The minimum Gasteiger partial charge on any atom is -0.356 e. The molecule has 0 aliphatic carbocycles. The van der Waals surface area contributed by atoms with E-state index in [1.807, 2.05) is 29.1 Å². The SMILES string of the molecule is Fc1ccc(-c2ccc3cnn(C4CCCCO4)c3c2)cc1F. The number of fused-ring (bicyclic) bond motifs is 1. The van der Waals surface area contributed by atoms with Crippen molar-refractivity contribution in [1.82, 2.24) is 9.78 Å². The molecule has 1 aliphatic heterocycles. The summed E-state index contributed by atoms with van der Waals surface area (Å²) in [6.07, 6.45) is 4.89. The van der Waals surface area contributed by atoms with Crippen LogP contribution in [0.5, 0.6) is 0 Å². The number of hydrogen-bond donors (Lipinski definition) is 0. The average molecular weight is 314 g/mol. The molecular formula is C18H16F2N2O. The van der Waals surface area contributed by atoms with Crippen LogP contribution in [0.25, 0.3) is 22.0 Å². The molecule has 1 atom stereocenters. The van der Waals surface area contributed by atoms with Gasteiger partial charge in [0.15, 0.2) is 17.9 Å². The minimum atomic E-state index is -0.841. The number of nitrogens with zero attached hydrogens (tertiary/aromatic N) is 2. The lowest BCUT2D eigenvalue weighted by Gasteiger charge is -2.23. The van der Waals surface area contributed by atoms with Crippen molar-refractivity contribution in [2.75, 3.05) is 6.61 Å². The Bertz CT molecular complexity index is 853. The molecular weight excluding hydrogens is 298 g/mol. The second kappa shape index (κ2) is 5.74. The Hall–Kier alpha value is -2.27. The van der Waals surface area contributed by atoms with Crippen molar-refractivity contribution in [3.05, 3.63) is 54.2 Å². The summed E-state index contributed by atoms with van der Waals surface area (Å²) in [6, 6.07) is 9.73. The number of hydrogen-bond acceptors (Lipinski definition) is 2. The first-order valence-corrected chi connectivity index (χ1v) is 7.77. The molecule has 1 aliphatic rings. The zero-order valence-electron chi connectivity index (χ0n) is 12.5. The van der Waals surface area contributed by atoms with Gasteiger partial charge >= 0.3 is 0 Å². The fraction of sp³-hybridized carbons (Fsp3) is 0.278. The molecule has 1 aromatic heterocycles. The number of aromatic nitrogens is 2. The van der Waals surface area contributed by atoms with Crippen LogP contribution in [0, 0.1) is 11.6 Å². The van der Waals surface area contributed by atoms with Crippen LogP contribution in [0.15, 0.2) is 42.6 Å². The largest absolute Gasteiger partial charge is 0.356 e. The molecule has 0 saturated carbocycles. The second-order valence-corrected chi connectivity index (χ2v) is 5.81. The molecule has 1 saturated heterocycles. The number of ether oxygens (including phenoxy) is 1. The summed E-state index contributed by atoms with van der Waals surface area (Å²) in [5.74, 6) is -1.68. The van der Waals surface area contributed by atoms with Gasteiger partial charge < -0.3 is 4.74 Å². The molecule has 5 heteroatoms. The van der Waals surface area contributed by atoms with Crippen LogP contribution in [0.1, 0.15) is 25.5 Å². The van der Waals surface area contributed by atoms with Crippen LogP contribution in [0.3, 0.4) is 0 Å². The summed E-state index contributed by atoms with van der Waals surface area (Å²) in [7, 11) is 0. The van der Waals surface area contributed by atoms with E-state index in [9.17, 15) is 8.78 Å². The maximum Gasteiger partial charge on any atom is 0.159 e. The van der Waals surface area contributed by atoms with Crippen molar-refractivity contribution in [3.8, 4) is 11.1 Å². The van der Waals surface area contributed by atoms with Gasteiger partial charge in [-0.1, -0.05) is 18.2 Å². The fourth-order valence-corrected chi connectivity index (χ4v) is 3.04. The van der Waals surface area contributed by atoms with Crippen LogP contribution in [-0.4, -0.2) is 16.4 Å². The average Bonchev–Trinajstić information content (AvgIpc) is 3.01. The van der Waals surface area contributed by atoms with Crippen molar-refractivity contribution in [2.24, 2.45) is 0 Å². The van der Waals surface area contributed by atoms with Gasteiger partial charge in [-0.05, 0) is 48.6 Å². The third kappa shape index (κ3) is 2.61. The van der Waals surface area contributed by atoms with Crippen LogP contribution in [-0.2, 0) is 4.74 Å². The van der Waals surface area contributed by atoms with E-state index >= 15 is 0 Å². The van der Waals surface area contributed by atoms with Gasteiger partial charge in [0.05, 0.1) is 11.7 Å². The van der Waals surface area contributed by atoms with E-state index < -0.39 is 11.6 Å².